The van der Waals surface area contributed by atoms with E-state index in [4.69, 9.17) is 32.7 Å². The van der Waals surface area contributed by atoms with Crippen molar-refractivity contribution in [3.8, 4) is 11.5 Å². The molecule has 154 valence electrons. The van der Waals surface area contributed by atoms with Gasteiger partial charge in [-0.05, 0) is 54.9 Å². The third kappa shape index (κ3) is 7.13. The molecule has 6 heteroatoms. The molecule has 0 saturated heterocycles. The zero-order valence-corrected chi connectivity index (χ0v) is 18.5. The Morgan fingerprint density at radius 2 is 1.66 bits per heavy atom. The molecule has 0 fully saturated rings. The number of hydrogen-bond acceptors (Lipinski definition) is 3. The molecule has 0 unspecified atom stereocenters. The highest BCUT2D eigenvalue weighted by Gasteiger charge is 2.07. The number of nitrogens with one attached hydrogen (secondary N) is 1. The van der Waals surface area contributed by atoms with E-state index in [1.807, 2.05) is 54.6 Å². The molecule has 0 aliphatic heterocycles. The van der Waals surface area contributed by atoms with Crippen molar-refractivity contribution >= 4 is 35.6 Å². The number of ether oxygens (including phenoxy) is 2. The van der Waals surface area contributed by atoms with Crippen LogP contribution in [0.15, 0.2) is 66.7 Å². The Labute approximate surface area is 188 Å². The van der Waals surface area contributed by atoms with Crippen LogP contribution in [0.2, 0.25) is 10.0 Å². The first kappa shape index (κ1) is 23.4. The molecule has 1 N–H and O–H groups in total. The quantitative estimate of drug-likeness (QED) is 0.384. The first-order valence-electron chi connectivity index (χ1n) is 9.14. The fraction of sp³-hybridized carbons (Fsp3) is 0.217. The lowest BCUT2D eigenvalue weighted by Gasteiger charge is -2.14. The highest BCUT2D eigenvalue weighted by molar-refractivity contribution is 6.31. The minimum atomic E-state index is 0. The van der Waals surface area contributed by atoms with Gasteiger partial charge in [0.1, 0.15) is 18.1 Å². The van der Waals surface area contributed by atoms with Crippen LogP contribution in [0.5, 0.6) is 11.5 Å². The summed E-state index contributed by atoms with van der Waals surface area (Å²) in [5.41, 5.74) is 3.24. The van der Waals surface area contributed by atoms with Crippen molar-refractivity contribution < 1.29 is 9.47 Å². The molecule has 0 aromatic heterocycles. The third-order valence-electron chi connectivity index (χ3n) is 4.43. The molecule has 3 nitrogen and oxygen atoms in total. The SMILES string of the molecule is COc1ccc(CCNCc2cc(Cl)ccc2OCc2ccccc2Cl)cc1.Cl. The van der Waals surface area contributed by atoms with Gasteiger partial charge in [0.05, 0.1) is 7.11 Å². The molecule has 29 heavy (non-hydrogen) atoms. The summed E-state index contributed by atoms with van der Waals surface area (Å²) >= 11 is 12.4. The molecule has 3 aromatic rings. The van der Waals surface area contributed by atoms with E-state index in [0.29, 0.717) is 23.2 Å². The van der Waals surface area contributed by atoms with Crippen LogP contribution >= 0.6 is 35.6 Å². The van der Waals surface area contributed by atoms with Crippen LogP contribution in [0.3, 0.4) is 0 Å². The maximum absolute atomic E-state index is 6.21. The third-order valence-corrected chi connectivity index (χ3v) is 5.03. The minimum Gasteiger partial charge on any atom is -0.497 e. The van der Waals surface area contributed by atoms with E-state index in [1.54, 1.807) is 7.11 Å². The number of benzene rings is 3. The van der Waals surface area contributed by atoms with Crippen LogP contribution in [0.4, 0.5) is 0 Å². The van der Waals surface area contributed by atoms with E-state index in [2.05, 4.69) is 17.4 Å². The van der Waals surface area contributed by atoms with Crippen LogP contribution in [-0.2, 0) is 19.6 Å². The fourth-order valence-electron chi connectivity index (χ4n) is 2.85. The summed E-state index contributed by atoms with van der Waals surface area (Å²) in [5.74, 6) is 1.68. The Morgan fingerprint density at radius 1 is 0.897 bits per heavy atom. The van der Waals surface area contributed by atoms with Crippen LogP contribution in [-0.4, -0.2) is 13.7 Å². The van der Waals surface area contributed by atoms with Gasteiger partial charge in [0, 0.05) is 27.7 Å². The average molecular weight is 453 g/mol. The van der Waals surface area contributed by atoms with E-state index in [-0.39, 0.29) is 12.4 Å². The van der Waals surface area contributed by atoms with E-state index in [1.165, 1.54) is 5.56 Å². The molecule has 0 atom stereocenters. The van der Waals surface area contributed by atoms with Crippen molar-refractivity contribution in [1.29, 1.82) is 0 Å². The lowest BCUT2D eigenvalue weighted by molar-refractivity contribution is 0.302. The minimum absolute atomic E-state index is 0. The summed E-state index contributed by atoms with van der Waals surface area (Å²) in [5, 5.41) is 4.86. The first-order valence-corrected chi connectivity index (χ1v) is 9.89. The van der Waals surface area contributed by atoms with Crippen molar-refractivity contribution in [3.63, 3.8) is 0 Å². The molecule has 0 aliphatic carbocycles. The molecular formula is C23H24Cl3NO2. The van der Waals surface area contributed by atoms with Crippen molar-refractivity contribution in [1.82, 2.24) is 5.32 Å². The molecule has 0 amide bonds. The van der Waals surface area contributed by atoms with Crippen molar-refractivity contribution in [2.75, 3.05) is 13.7 Å². The predicted octanol–water partition coefficient (Wildman–Crippen LogP) is 6.34. The van der Waals surface area contributed by atoms with E-state index in [0.717, 1.165) is 35.6 Å². The fourth-order valence-corrected chi connectivity index (χ4v) is 3.23. The highest BCUT2D eigenvalue weighted by Crippen LogP contribution is 2.25. The molecule has 3 aromatic carbocycles. The summed E-state index contributed by atoms with van der Waals surface area (Å²) in [4.78, 5) is 0. The normalized spacial score (nSPS) is 10.3. The summed E-state index contributed by atoms with van der Waals surface area (Å²) in [6.45, 7) is 1.94. The molecule has 0 spiro atoms. The second-order valence-corrected chi connectivity index (χ2v) is 7.25. The summed E-state index contributed by atoms with van der Waals surface area (Å²) in [7, 11) is 1.67. The Morgan fingerprint density at radius 3 is 2.38 bits per heavy atom. The van der Waals surface area contributed by atoms with Crippen molar-refractivity contribution in [2.24, 2.45) is 0 Å². The van der Waals surface area contributed by atoms with Gasteiger partial charge in [-0.15, -0.1) is 12.4 Å². The van der Waals surface area contributed by atoms with Gasteiger partial charge in [-0.1, -0.05) is 53.5 Å². The second kappa shape index (κ2) is 11.9. The lowest BCUT2D eigenvalue weighted by atomic mass is 10.1. The van der Waals surface area contributed by atoms with E-state index in [9.17, 15) is 0 Å². The highest BCUT2D eigenvalue weighted by atomic mass is 35.5. The van der Waals surface area contributed by atoms with Crippen molar-refractivity contribution in [3.05, 3.63) is 93.5 Å². The Hall–Kier alpha value is -1.91. The molecule has 0 aliphatic rings. The summed E-state index contributed by atoms with van der Waals surface area (Å²) in [6, 6.07) is 21.5. The number of rotatable bonds is 9. The molecule has 0 radical (unpaired) electrons. The van der Waals surface area contributed by atoms with Gasteiger partial charge in [0.25, 0.3) is 0 Å². The number of hydrogen-bond donors (Lipinski definition) is 1. The molecule has 0 bridgehead atoms. The number of methoxy groups -OCH3 is 1. The van der Waals surface area contributed by atoms with Gasteiger partial charge in [-0.2, -0.15) is 0 Å². The van der Waals surface area contributed by atoms with Gasteiger partial charge >= 0.3 is 0 Å². The zero-order valence-electron chi connectivity index (χ0n) is 16.2. The van der Waals surface area contributed by atoms with Gasteiger partial charge in [-0.25, -0.2) is 0 Å². The topological polar surface area (TPSA) is 30.5 Å². The first-order chi connectivity index (χ1) is 13.7. The summed E-state index contributed by atoms with van der Waals surface area (Å²) in [6.07, 6.45) is 0.931. The van der Waals surface area contributed by atoms with Crippen LogP contribution in [0.1, 0.15) is 16.7 Å². The Kier molecular flexibility index (Phi) is 9.62. The average Bonchev–Trinajstić information content (AvgIpc) is 2.72. The Balaban J connectivity index is 0.00000300. The maximum atomic E-state index is 6.21. The van der Waals surface area contributed by atoms with Crippen LogP contribution in [0.25, 0.3) is 0 Å². The lowest BCUT2D eigenvalue weighted by Crippen LogP contribution is -2.17. The van der Waals surface area contributed by atoms with Crippen molar-refractivity contribution in [2.45, 2.75) is 19.6 Å². The zero-order chi connectivity index (χ0) is 19.8. The Bertz CT molecular complexity index is 901. The standard InChI is InChI=1S/C23H23Cl2NO2.ClH/c1-27-21-9-6-17(7-10-21)12-13-26-15-19-14-20(24)8-11-23(19)28-16-18-4-2-3-5-22(18)25;/h2-11,14,26H,12-13,15-16H2,1H3;1H. The van der Waals surface area contributed by atoms with Gasteiger partial charge in [0.2, 0.25) is 0 Å². The predicted molar refractivity (Wildman–Crippen MR) is 123 cm³/mol. The molecule has 0 saturated carbocycles. The smallest absolute Gasteiger partial charge is 0.124 e. The second-order valence-electron chi connectivity index (χ2n) is 6.41. The molecule has 3 rings (SSSR count). The maximum Gasteiger partial charge on any atom is 0.124 e. The van der Waals surface area contributed by atoms with E-state index < -0.39 is 0 Å². The number of halogens is 3. The summed E-state index contributed by atoms with van der Waals surface area (Å²) < 4.78 is 11.2. The van der Waals surface area contributed by atoms with Crippen LogP contribution < -0.4 is 14.8 Å². The monoisotopic (exact) mass is 451 g/mol. The van der Waals surface area contributed by atoms with Crippen LogP contribution in [0, 0.1) is 0 Å². The van der Waals surface area contributed by atoms with Gasteiger partial charge < -0.3 is 14.8 Å². The largest absolute Gasteiger partial charge is 0.497 e. The van der Waals surface area contributed by atoms with E-state index >= 15 is 0 Å². The van der Waals surface area contributed by atoms with Gasteiger partial charge in [-0.3, -0.25) is 0 Å². The molecule has 0 heterocycles. The van der Waals surface area contributed by atoms with Gasteiger partial charge in [0.15, 0.2) is 0 Å². The molecular weight excluding hydrogens is 429 g/mol.